The Kier molecular flexibility index (Phi) is 6.48. The van der Waals surface area contributed by atoms with Gasteiger partial charge in [0.2, 0.25) is 0 Å². The highest BCUT2D eigenvalue weighted by Gasteiger charge is 2.02. The molecule has 6 heteroatoms. The van der Waals surface area contributed by atoms with E-state index >= 15 is 0 Å². The van der Waals surface area contributed by atoms with Crippen LogP contribution in [0.2, 0.25) is 5.02 Å². The van der Waals surface area contributed by atoms with Gasteiger partial charge in [0, 0.05) is 22.3 Å². The molecule has 0 N–H and O–H groups in total. The van der Waals surface area contributed by atoms with E-state index in [2.05, 4.69) is 16.8 Å². The normalized spacial score (nSPS) is 10.9. The van der Waals surface area contributed by atoms with Gasteiger partial charge in [0.25, 0.3) is 10.1 Å². The fourth-order valence-corrected chi connectivity index (χ4v) is 2.99. The van der Waals surface area contributed by atoms with Gasteiger partial charge in [-0.2, -0.15) is 8.42 Å². The first kappa shape index (κ1) is 20.1. The number of pyridine rings is 1. The van der Waals surface area contributed by atoms with Crippen molar-refractivity contribution >= 4 is 21.7 Å². The molecule has 0 aliphatic carbocycles. The van der Waals surface area contributed by atoms with E-state index in [0.717, 1.165) is 28.5 Å². The number of halogens is 1. The molecule has 0 amide bonds. The van der Waals surface area contributed by atoms with Crippen LogP contribution in [0.3, 0.4) is 0 Å². The summed E-state index contributed by atoms with van der Waals surface area (Å²) in [7, 11) is -3.40. The molecule has 142 valence electrons. The van der Waals surface area contributed by atoms with E-state index in [0.29, 0.717) is 17.1 Å². The average molecular weight is 412 g/mol. The first-order valence-corrected chi connectivity index (χ1v) is 10.8. The summed E-state index contributed by atoms with van der Waals surface area (Å²) >= 11 is 5.91. The van der Waals surface area contributed by atoms with Crippen LogP contribution in [0, 0.1) is 11.8 Å². The Hall–Kier alpha value is -2.65. The molecule has 0 aliphatic heterocycles. The smallest absolute Gasteiger partial charge is 0.264 e. The predicted octanol–water partition coefficient (Wildman–Crippen LogP) is 4.32. The quantitative estimate of drug-likeness (QED) is 0.463. The first-order valence-electron chi connectivity index (χ1n) is 8.56. The summed E-state index contributed by atoms with van der Waals surface area (Å²) in [6.07, 6.45) is 3.36. The number of aromatic nitrogens is 1. The zero-order valence-corrected chi connectivity index (χ0v) is 16.8. The van der Waals surface area contributed by atoms with Crippen molar-refractivity contribution in [3.8, 4) is 23.0 Å². The lowest BCUT2D eigenvalue weighted by Gasteiger charge is -2.02. The van der Waals surface area contributed by atoms with Crippen LogP contribution in [0.5, 0.6) is 0 Å². The highest BCUT2D eigenvalue weighted by molar-refractivity contribution is 7.85. The third-order valence-electron chi connectivity index (χ3n) is 3.92. The van der Waals surface area contributed by atoms with Crippen molar-refractivity contribution in [2.24, 2.45) is 0 Å². The molecule has 0 saturated carbocycles. The second-order valence-electron chi connectivity index (χ2n) is 6.16. The minimum absolute atomic E-state index is 0.133. The molecule has 3 rings (SSSR count). The van der Waals surface area contributed by atoms with Gasteiger partial charge in [-0.1, -0.05) is 47.9 Å². The number of hydrogen-bond acceptors (Lipinski definition) is 4. The highest BCUT2D eigenvalue weighted by atomic mass is 35.5. The summed E-state index contributed by atoms with van der Waals surface area (Å²) < 4.78 is 26.7. The van der Waals surface area contributed by atoms with E-state index in [1.54, 1.807) is 6.20 Å². The molecule has 28 heavy (non-hydrogen) atoms. The van der Waals surface area contributed by atoms with Crippen LogP contribution in [-0.2, 0) is 20.7 Å². The standard InChI is InChI=1S/C22H18ClNO3S/c1-28(25,26)27-15-14-18-4-2-17(3-5-18)6-12-22-13-9-20(16-24-22)19-7-10-21(23)11-8-19/h2-5,7-11,13,16H,14-15H2,1H3. The fourth-order valence-electron chi connectivity index (χ4n) is 2.48. The van der Waals surface area contributed by atoms with E-state index in [-0.39, 0.29) is 6.61 Å². The van der Waals surface area contributed by atoms with Crippen LogP contribution in [-0.4, -0.2) is 26.3 Å². The van der Waals surface area contributed by atoms with Gasteiger partial charge in [-0.3, -0.25) is 4.18 Å². The Balaban J connectivity index is 1.62. The van der Waals surface area contributed by atoms with Gasteiger partial charge in [0.15, 0.2) is 0 Å². The van der Waals surface area contributed by atoms with Crippen molar-refractivity contribution in [2.45, 2.75) is 6.42 Å². The lowest BCUT2D eigenvalue weighted by Crippen LogP contribution is -2.06. The van der Waals surface area contributed by atoms with Gasteiger partial charge in [-0.25, -0.2) is 4.98 Å². The molecule has 0 aliphatic rings. The van der Waals surface area contributed by atoms with Crippen LogP contribution < -0.4 is 0 Å². The maximum Gasteiger partial charge on any atom is 0.264 e. The maximum atomic E-state index is 11.0. The molecule has 0 unspecified atom stereocenters. The van der Waals surface area contributed by atoms with E-state index in [1.807, 2.05) is 60.7 Å². The predicted molar refractivity (Wildman–Crippen MR) is 112 cm³/mol. The molecule has 0 fully saturated rings. The molecular weight excluding hydrogens is 394 g/mol. The topological polar surface area (TPSA) is 56.3 Å². The Bertz CT molecular complexity index is 1100. The summed E-state index contributed by atoms with van der Waals surface area (Å²) in [5.74, 6) is 6.12. The van der Waals surface area contributed by atoms with Gasteiger partial charge < -0.3 is 0 Å². The molecule has 1 aromatic heterocycles. The largest absolute Gasteiger partial charge is 0.270 e. The molecule has 0 atom stereocenters. The summed E-state index contributed by atoms with van der Waals surface area (Å²) in [5, 5.41) is 0.702. The Morgan fingerprint density at radius 1 is 0.929 bits per heavy atom. The maximum absolute atomic E-state index is 11.0. The third kappa shape index (κ3) is 6.21. The van der Waals surface area contributed by atoms with Crippen LogP contribution >= 0.6 is 11.6 Å². The lowest BCUT2D eigenvalue weighted by atomic mass is 10.1. The van der Waals surface area contributed by atoms with Crippen molar-refractivity contribution in [3.63, 3.8) is 0 Å². The Morgan fingerprint density at radius 3 is 2.21 bits per heavy atom. The van der Waals surface area contributed by atoms with Crippen molar-refractivity contribution < 1.29 is 12.6 Å². The summed E-state index contributed by atoms with van der Waals surface area (Å²) in [4.78, 5) is 4.39. The van der Waals surface area contributed by atoms with Crippen LogP contribution in [0.4, 0.5) is 0 Å². The van der Waals surface area contributed by atoms with Gasteiger partial charge in [-0.15, -0.1) is 0 Å². The molecule has 4 nitrogen and oxygen atoms in total. The molecule has 2 aromatic carbocycles. The number of rotatable bonds is 5. The van der Waals surface area contributed by atoms with Crippen LogP contribution in [0.1, 0.15) is 16.8 Å². The van der Waals surface area contributed by atoms with Gasteiger partial charge in [-0.05, 0) is 53.8 Å². The zero-order chi connectivity index (χ0) is 20.0. The van der Waals surface area contributed by atoms with E-state index < -0.39 is 10.1 Å². The number of hydrogen-bond donors (Lipinski definition) is 0. The van der Waals surface area contributed by atoms with Gasteiger partial charge in [0.1, 0.15) is 5.69 Å². The minimum Gasteiger partial charge on any atom is -0.270 e. The summed E-state index contributed by atoms with van der Waals surface area (Å²) in [5.41, 5.74) is 4.58. The number of benzene rings is 2. The Labute approximate surface area is 170 Å². The van der Waals surface area contributed by atoms with Crippen molar-refractivity contribution in [1.29, 1.82) is 0 Å². The van der Waals surface area contributed by atoms with Crippen LogP contribution in [0.25, 0.3) is 11.1 Å². The molecule has 0 radical (unpaired) electrons. The average Bonchev–Trinajstić information content (AvgIpc) is 2.67. The highest BCUT2D eigenvalue weighted by Crippen LogP contribution is 2.20. The fraction of sp³-hybridized carbons (Fsp3) is 0.136. The molecule has 0 bridgehead atoms. The van der Waals surface area contributed by atoms with E-state index in [1.165, 1.54) is 0 Å². The van der Waals surface area contributed by atoms with Crippen LogP contribution in [0.15, 0.2) is 66.9 Å². The van der Waals surface area contributed by atoms with Crippen molar-refractivity contribution in [1.82, 2.24) is 4.98 Å². The van der Waals surface area contributed by atoms with Gasteiger partial charge >= 0.3 is 0 Å². The molecule has 0 spiro atoms. The second-order valence-corrected chi connectivity index (χ2v) is 8.24. The van der Waals surface area contributed by atoms with Gasteiger partial charge in [0.05, 0.1) is 12.9 Å². The summed E-state index contributed by atoms with van der Waals surface area (Å²) in [6.45, 7) is 0.133. The Morgan fingerprint density at radius 2 is 1.61 bits per heavy atom. The molecule has 0 saturated heterocycles. The molecule has 1 heterocycles. The van der Waals surface area contributed by atoms with E-state index in [9.17, 15) is 8.42 Å². The molecule has 3 aromatic rings. The summed E-state index contributed by atoms with van der Waals surface area (Å²) in [6, 6.07) is 19.1. The van der Waals surface area contributed by atoms with Crippen molar-refractivity contribution in [2.75, 3.05) is 12.9 Å². The monoisotopic (exact) mass is 411 g/mol. The second kappa shape index (κ2) is 9.03. The van der Waals surface area contributed by atoms with Crippen molar-refractivity contribution in [3.05, 3.63) is 88.7 Å². The first-order chi connectivity index (χ1) is 13.4. The number of nitrogens with zero attached hydrogens (tertiary/aromatic N) is 1. The SMILES string of the molecule is CS(=O)(=O)OCCc1ccc(C#Cc2ccc(-c3ccc(Cl)cc3)cn2)cc1. The van der Waals surface area contributed by atoms with E-state index in [4.69, 9.17) is 15.8 Å². The molecular formula is C22H18ClNO3S. The lowest BCUT2D eigenvalue weighted by molar-refractivity contribution is 0.326. The zero-order valence-electron chi connectivity index (χ0n) is 15.2. The minimum atomic E-state index is -3.40. The third-order valence-corrected chi connectivity index (χ3v) is 4.76.